The normalized spacial score (nSPS) is 13.1. The Labute approximate surface area is 63.8 Å². The van der Waals surface area contributed by atoms with Gasteiger partial charge in [0, 0.05) is 6.42 Å². The third-order valence-corrected chi connectivity index (χ3v) is 1.69. The van der Waals surface area contributed by atoms with Gasteiger partial charge in [0.2, 0.25) is 0 Å². The van der Waals surface area contributed by atoms with E-state index in [0.717, 1.165) is 6.42 Å². The van der Waals surface area contributed by atoms with Gasteiger partial charge in [0.1, 0.15) is 5.78 Å². The van der Waals surface area contributed by atoms with Gasteiger partial charge in [-0.15, -0.1) is 0 Å². The van der Waals surface area contributed by atoms with Crippen LogP contribution in [0.4, 0.5) is 0 Å². The molecular formula is C9H18O. The fourth-order valence-corrected chi connectivity index (χ4v) is 1.15. The van der Waals surface area contributed by atoms with Gasteiger partial charge in [-0.1, -0.05) is 33.1 Å². The van der Waals surface area contributed by atoms with Crippen molar-refractivity contribution in [2.75, 3.05) is 0 Å². The van der Waals surface area contributed by atoms with Crippen molar-refractivity contribution in [3.63, 3.8) is 0 Å². The van der Waals surface area contributed by atoms with Gasteiger partial charge in [0.25, 0.3) is 0 Å². The summed E-state index contributed by atoms with van der Waals surface area (Å²) in [4.78, 5) is 10.6. The SMILES string of the molecule is CCCC[C@H](C)CC(C)=O. The average Bonchev–Trinajstić information content (AvgIpc) is 1.82. The predicted octanol–water partition coefficient (Wildman–Crippen LogP) is 2.79. The molecule has 0 aliphatic heterocycles. The lowest BCUT2D eigenvalue weighted by atomic mass is 9.99. The van der Waals surface area contributed by atoms with E-state index in [0.29, 0.717) is 11.7 Å². The third-order valence-electron chi connectivity index (χ3n) is 1.69. The lowest BCUT2D eigenvalue weighted by molar-refractivity contribution is -0.117. The number of carbonyl (C=O) groups is 1. The summed E-state index contributed by atoms with van der Waals surface area (Å²) in [5, 5.41) is 0. The van der Waals surface area contributed by atoms with Crippen molar-refractivity contribution in [1.82, 2.24) is 0 Å². The molecule has 0 aliphatic carbocycles. The minimum atomic E-state index is 0.323. The molecule has 0 heterocycles. The molecule has 0 aromatic heterocycles. The van der Waals surface area contributed by atoms with Crippen LogP contribution in [0.3, 0.4) is 0 Å². The fraction of sp³-hybridized carbons (Fsp3) is 0.889. The lowest BCUT2D eigenvalue weighted by Gasteiger charge is -2.06. The summed E-state index contributed by atoms with van der Waals surface area (Å²) in [6.07, 6.45) is 4.47. The van der Waals surface area contributed by atoms with Gasteiger partial charge in [0.05, 0.1) is 0 Å². The van der Waals surface area contributed by atoms with Gasteiger partial charge in [0.15, 0.2) is 0 Å². The highest BCUT2D eigenvalue weighted by Gasteiger charge is 2.03. The Kier molecular flexibility index (Phi) is 5.27. The number of Topliss-reactive ketones (excluding diaryl/α,β-unsaturated/α-hetero) is 1. The molecule has 0 fully saturated rings. The van der Waals surface area contributed by atoms with Crippen molar-refractivity contribution < 1.29 is 4.79 Å². The number of rotatable bonds is 5. The Bertz CT molecular complexity index is 96.9. The van der Waals surface area contributed by atoms with E-state index in [9.17, 15) is 4.79 Å². The van der Waals surface area contributed by atoms with Crippen LogP contribution in [0.25, 0.3) is 0 Å². The van der Waals surface area contributed by atoms with Crippen molar-refractivity contribution in [2.24, 2.45) is 5.92 Å². The van der Waals surface area contributed by atoms with Crippen LogP contribution in [-0.4, -0.2) is 5.78 Å². The molecule has 0 unspecified atom stereocenters. The number of hydrogen-bond donors (Lipinski definition) is 0. The lowest BCUT2D eigenvalue weighted by Crippen LogP contribution is -2.00. The van der Waals surface area contributed by atoms with E-state index < -0.39 is 0 Å². The highest BCUT2D eigenvalue weighted by molar-refractivity contribution is 5.75. The summed E-state index contributed by atoms with van der Waals surface area (Å²) >= 11 is 0. The maximum absolute atomic E-state index is 10.6. The standard InChI is InChI=1S/C9H18O/c1-4-5-6-8(2)7-9(3)10/h8H,4-7H2,1-3H3/t8-/m0/s1. The van der Waals surface area contributed by atoms with Gasteiger partial charge >= 0.3 is 0 Å². The molecule has 0 aromatic rings. The minimum absolute atomic E-state index is 0.323. The zero-order valence-corrected chi connectivity index (χ0v) is 7.31. The van der Waals surface area contributed by atoms with E-state index in [2.05, 4.69) is 13.8 Å². The molecule has 1 atom stereocenters. The summed E-state index contributed by atoms with van der Waals surface area (Å²) < 4.78 is 0. The van der Waals surface area contributed by atoms with Gasteiger partial charge in [-0.05, 0) is 12.8 Å². The van der Waals surface area contributed by atoms with Crippen molar-refractivity contribution in [3.05, 3.63) is 0 Å². The largest absolute Gasteiger partial charge is 0.300 e. The molecule has 0 amide bonds. The van der Waals surface area contributed by atoms with E-state index in [1.54, 1.807) is 6.92 Å². The van der Waals surface area contributed by atoms with Crippen LogP contribution in [0.5, 0.6) is 0 Å². The highest BCUT2D eigenvalue weighted by Crippen LogP contribution is 2.11. The molecule has 10 heavy (non-hydrogen) atoms. The Balaban J connectivity index is 3.25. The molecule has 1 heteroatoms. The first-order chi connectivity index (χ1) is 4.66. The first kappa shape index (κ1) is 9.67. The van der Waals surface area contributed by atoms with Gasteiger partial charge in [-0.3, -0.25) is 0 Å². The van der Waals surface area contributed by atoms with Crippen LogP contribution in [0.15, 0.2) is 0 Å². The van der Waals surface area contributed by atoms with Gasteiger partial charge < -0.3 is 4.79 Å². The van der Waals surface area contributed by atoms with Crippen molar-refractivity contribution in [1.29, 1.82) is 0 Å². The topological polar surface area (TPSA) is 17.1 Å². The second kappa shape index (κ2) is 5.45. The van der Waals surface area contributed by atoms with Crippen molar-refractivity contribution in [2.45, 2.75) is 46.5 Å². The second-order valence-electron chi connectivity index (χ2n) is 3.15. The summed E-state index contributed by atoms with van der Waals surface area (Å²) in [7, 11) is 0. The molecule has 0 saturated heterocycles. The molecule has 60 valence electrons. The molecule has 0 aliphatic rings. The molecule has 0 N–H and O–H groups in total. The minimum Gasteiger partial charge on any atom is -0.300 e. The van der Waals surface area contributed by atoms with E-state index in [4.69, 9.17) is 0 Å². The maximum Gasteiger partial charge on any atom is 0.130 e. The summed E-state index contributed by atoms with van der Waals surface area (Å²) in [5.41, 5.74) is 0. The monoisotopic (exact) mass is 142 g/mol. The van der Waals surface area contributed by atoms with Gasteiger partial charge in [-0.25, -0.2) is 0 Å². The Morgan fingerprint density at radius 2 is 2.10 bits per heavy atom. The second-order valence-corrected chi connectivity index (χ2v) is 3.15. The number of hydrogen-bond acceptors (Lipinski definition) is 1. The number of ketones is 1. The van der Waals surface area contributed by atoms with Crippen molar-refractivity contribution >= 4 is 5.78 Å². The fourth-order valence-electron chi connectivity index (χ4n) is 1.15. The molecular weight excluding hydrogens is 124 g/mol. The first-order valence-electron chi connectivity index (χ1n) is 4.16. The maximum atomic E-state index is 10.6. The molecule has 0 aromatic carbocycles. The van der Waals surface area contributed by atoms with Crippen LogP contribution in [0, 0.1) is 5.92 Å². The summed E-state index contributed by atoms with van der Waals surface area (Å²) in [5.74, 6) is 0.918. The third kappa shape index (κ3) is 5.80. The first-order valence-corrected chi connectivity index (χ1v) is 4.16. The Hall–Kier alpha value is -0.330. The van der Waals surface area contributed by atoms with E-state index in [1.807, 2.05) is 0 Å². The summed E-state index contributed by atoms with van der Waals surface area (Å²) in [6.45, 7) is 6.00. The van der Waals surface area contributed by atoms with Crippen LogP contribution < -0.4 is 0 Å². The molecule has 0 rings (SSSR count). The zero-order valence-electron chi connectivity index (χ0n) is 7.31. The molecule has 0 spiro atoms. The summed E-state index contributed by atoms with van der Waals surface area (Å²) in [6, 6.07) is 0. The Morgan fingerprint density at radius 1 is 1.50 bits per heavy atom. The van der Waals surface area contributed by atoms with Crippen molar-refractivity contribution in [3.8, 4) is 0 Å². The number of unbranched alkanes of at least 4 members (excludes halogenated alkanes) is 1. The van der Waals surface area contributed by atoms with Crippen LogP contribution in [0.1, 0.15) is 46.5 Å². The Morgan fingerprint density at radius 3 is 2.50 bits per heavy atom. The van der Waals surface area contributed by atoms with E-state index >= 15 is 0 Å². The molecule has 0 saturated carbocycles. The smallest absolute Gasteiger partial charge is 0.130 e. The molecule has 0 bridgehead atoms. The number of carbonyl (C=O) groups excluding carboxylic acids is 1. The van der Waals surface area contributed by atoms with E-state index in [1.165, 1.54) is 19.3 Å². The predicted molar refractivity (Wildman–Crippen MR) is 44.0 cm³/mol. The molecule has 1 nitrogen and oxygen atoms in total. The zero-order chi connectivity index (χ0) is 7.98. The molecule has 0 radical (unpaired) electrons. The average molecular weight is 142 g/mol. The van der Waals surface area contributed by atoms with Crippen LogP contribution in [0.2, 0.25) is 0 Å². The van der Waals surface area contributed by atoms with E-state index in [-0.39, 0.29) is 0 Å². The van der Waals surface area contributed by atoms with Crippen LogP contribution in [-0.2, 0) is 4.79 Å². The van der Waals surface area contributed by atoms with Crippen LogP contribution >= 0.6 is 0 Å². The highest BCUT2D eigenvalue weighted by atomic mass is 16.1. The van der Waals surface area contributed by atoms with Gasteiger partial charge in [-0.2, -0.15) is 0 Å². The quantitative estimate of drug-likeness (QED) is 0.577.